The minimum absolute atomic E-state index is 0.0160. The molecule has 2 aromatic carbocycles. The zero-order valence-electron chi connectivity index (χ0n) is 10.3. The van der Waals surface area contributed by atoms with Gasteiger partial charge in [-0.05, 0) is 24.3 Å². The standard InChI is InChI=1S/C15H10ClNO3/c16-14-6-5-12(7-13(14)15(18)19)20-9-11-4-2-1-3-10(11)8-17/h1-7H,9H2,(H,18,19). The maximum atomic E-state index is 11.0. The molecular formula is C15H10ClNO3. The Morgan fingerprint density at radius 3 is 2.75 bits per heavy atom. The minimum atomic E-state index is -1.11. The summed E-state index contributed by atoms with van der Waals surface area (Å²) in [7, 11) is 0. The van der Waals surface area contributed by atoms with E-state index in [1.54, 1.807) is 24.3 Å². The van der Waals surface area contributed by atoms with Crippen LogP contribution in [0.15, 0.2) is 42.5 Å². The number of hydrogen-bond donors (Lipinski definition) is 1. The van der Waals surface area contributed by atoms with Crippen molar-refractivity contribution in [1.82, 2.24) is 0 Å². The molecule has 0 saturated heterocycles. The highest BCUT2D eigenvalue weighted by Gasteiger charge is 2.10. The van der Waals surface area contributed by atoms with E-state index in [2.05, 4.69) is 6.07 Å². The molecule has 20 heavy (non-hydrogen) atoms. The minimum Gasteiger partial charge on any atom is -0.489 e. The fraction of sp³-hybridized carbons (Fsp3) is 0.0667. The van der Waals surface area contributed by atoms with Crippen molar-refractivity contribution in [3.63, 3.8) is 0 Å². The van der Waals surface area contributed by atoms with Gasteiger partial charge >= 0.3 is 5.97 Å². The molecule has 1 N–H and O–H groups in total. The first-order valence-electron chi connectivity index (χ1n) is 5.75. The smallest absolute Gasteiger partial charge is 0.337 e. The lowest BCUT2D eigenvalue weighted by molar-refractivity contribution is 0.0696. The summed E-state index contributed by atoms with van der Waals surface area (Å²) in [6.45, 7) is 0.185. The van der Waals surface area contributed by atoms with Crippen LogP contribution in [0.1, 0.15) is 21.5 Å². The number of nitrogens with zero attached hydrogens (tertiary/aromatic N) is 1. The maximum absolute atomic E-state index is 11.0. The summed E-state index contributed by atoms with van der Waals surface area (Å²) >= 11 is 5.78. The van der Waals surface area contributed by atoms with E-state index in [0.717, 1.165) is 5.56 Å². The number of halogens is 1. The average molecular weight is 288 g/mol. The first kappa shape index (κ1) is 13.9. The van der Waals surface area contributed by atoms with Crippen LogP contribution in [0.4, 0.5) is 0 Å². The third-order valence-corrected chi connectivity index (χ3v) is 3.03. The summed E-state index contributed by atoms with van der Waals surface area (Å²) in [5, 5.41) is 18.1. The topological polar surface area (TPSA) is 70.3 Å². The van der Waals surface area contributed by atoms with Gasteiger partial charge in [0.25, 0.3) is 0 Å². The van der Waals surface area contributed by atoms with Crippen LogP contribution < -0.4 is 4.74 Å². The van der Waals surface area contributed by atoms with Crippen LogP contribution in [0.2, 0.25) is 5.02 Å². The molecule has 0 amide bonds. The predicted molar refractivity (Wildman–Crippen MR) is 73.9 cm³/mol. The van der Waals surface area contributed by atoms with Gasteiger partial charge in [-0.15, -0.1) is 0 Å². The van der Waals surface area contributed by atoms with Gasteiger partial charge in [0.1, 0.15) is 12.4 Å². The molecule has 0 fully saturated rings. The Labute approximate surface area is 120 Å². The van der Waals surface area contributed by atoms with E-state index in [1.165, 1.54) is 12.1 Å². The molecule has 0 aliphatic rings. The second-order valence-electron chi connectivity index (χ2n) is 4.00. The summed E-state index contributed by atoms with van der Waals surface area (Å²) in [4.78, 5) is 11.0. The van der Waals surface area contributed by atoms with Crippen LogP contribution in [-0.2, 0) is 6.61 Å². The summed E-state index contributed by atoms with van der Waals surface area (Å²) in [6, 6.07) is 13.6. The Hall–Kier alpha value is -2.51. The number of rotatable bonds is 4. The quantitative estimate of drug-likeness (QED) is 0.934. The maximum Gasteiger partial charge on any atom is 0.337 e. The molecule has 0 unspecified atom stereocenters. The van der Waals surface area contributed by atoms with Crippen LogP contribution in [0.25, 0.3) is 0 Å². The van der Waals surface area contributed by atoms with E-state index < -0.39 is 5.97 Å². The lowest BCUT2D eigenvalue weighted by Gasteiger charge is -2.09. The van der Waals surface area contributed by atoms with Gasteiger partial charge in [-0.1, -0.05) is 29.8 Å². The molecule has 0 saturated carbocycles. The van der Waals surface area contributed by atoms with Crippen LogP contribution in [0.5, 0.6) is 5.75 Å². The van der Waals surface area contributed by atoms with Crippen molar-refractivity contribution < 1.29 is 14.6 Å². The molecule has 0 aromatic heterocycles. The predicted octanol–water partition coefficient (Wildman–Crippen LogP) is 3.49. The van der Waals surface area contributed by atoms with Gasteiger partial charge in [0.05, 0.1) is 22.2 Å². The van der Waals surface area contributed by atoms with Gasteiger partial charge in [-0.3, -0.25) is 0 Å². The van der Waals surface area contributed by atoms with Crippen LogP contribution >= 0.6 is 11.6 Å². The van der Waals surface area contributed by atoms with Gasteiger partial charge in [0, 0.05) is 5.56 Å². The normalized spacial score (nSPS) is 9.80. The molecule has 0 aliphatic heterocycles. The number of aromatic carboxylic acids is 1. The van der Waals surface area contributed by atoms with Crippen molar-refractivity contribution in [3.8, 4) is 11.8 Å². The molecule has 0 radical (unpaired) electrons. The number of carbonyl (C=O) groups is 1. The van der Waals surface area contributed by atoms with Crippen molar-refractivity contribution in [1.29, 1.82) is 5.26 Å². The first-order valence-corrected chi connectivity index (χ1v) is 6.13. The van der Waals surface area contributed by atoms with Crippen molar-refractivity contribution in [2.45, 2.75) is 6.61 Å². The van der Waals surface area contributed by atoms with E-state index in [4.69, 9.17) is 26.7 Å². The monoisotopic (exact) mass is 287 g/mol. The molecule has 5 heteroatoms. The highest BCUT2D eigenvalue weighted by molar-refractivity contribution is 6.33. The molecule has 2 rings (SSSR count). The first-order chi connectivity index (χ1) is 9.61. The number of ether oxygens (including phenoxy) is 1. The fourth-order valence-electron chi connectivity index (χ4n) is 1.67. The second kappa shape index (κ2) is 6.09. The van der Waals surface area contributed by atoms with Crippen LogP contribution in [0, 0.1) is 11.3 Å². The third-order valence-electron chi connectivity index (χ3n) is 2.70. The lowest BCUT2D eigenvalue weighted by atomic mass is 10.1. The highest BCUT2D eigenvalue weighted by Crippen LogP contribution is 2.23. The molecule has 2 aromatic rings. The van der Waals surface area contributed by atoms with E-state index in [0.29, 0.717) is 11.3 Å². The Morgan fingerprint density at radius 2 is 2.05 bits per heavy atom. The SMILES string of the molecule is N#Cc1ccccc1COc1ccc(Cl)c(C(=O)O)c1. The number of benzene rings is 2. The number of carboxylic acid groups (broad SMARTS) is 1. The van der Waals surface area contributed by atoms with Gasteiger partial charge in [-0.2, -0.15) is 5.26 Å². The molecule has 0 atom stereocenters. The number of hydrogen-bond acceptors (Lipinski definition) is 3. The average Bonchev–Trinajstić information content (AvgIpc) is 2.46. The molecule has 0 heterocycles. The van der Waals surface area contributed by atoms with E-state index in [-0.39, 0.29) is 17.2 Å². The second-order valence-corrected chi connectivity index (χ2v) is 4.41. The Balaban J connectivity index is 2.18. The Morgan fingerprint density at radius 1 is 1.30 bits per heavy atom. The lowest BCUT2D eigenvalue weighted by Crippen LogP contribution is -2.01. The Bertz CT molecular complexity index is 692. The van der Waals surface area contributed by atoms with Crippen LogP contribution in [0.3, 0.4) is 0 Å². The Kier molecular flexibility index (Phi) is 4.24. The summed E-state index contributed by atoms with van der Waals surface area (Å²) in [6.07, 6.45) is 0. The van der Waals surface area contributed by atoms with Crippen molar-refractivity contribution >= 4 is 17.6 Å². The highest BCUT2D eigenvalue weighted by atomic mass is 35.5. The van der Waals surface area contributed by atoms with Crippen molar-refractivity contribution in [2.75, 3.05) is 0 Å². The van der Waals surface area contributed by atoms with E-state index >= 15 is 0 Å². The molecule has 0 spiro atoms. The molecular weight excluding hydrogens is 278 g/mol. The number of nitriles is 1. The zero-order valence-corrected chi connectivity index (χ0v) is 11.1. The summed E-state index contributed by atoms with van der Waals surface area (Å²) < 4.78 is 5.51. The third kappa shape index (κ3) is 3.08. The summed E-state index contributed by atoms with van der Waals surface area (Å²) in [5.74, 6) is -0.725. The molecule has 100 valence electrons. The number of carboxylic acids is 1. The van der Waals surface area contributed by atoms with Crippen molar-refractivity contribution in [3.05, 3.63) is 64.2 Å². The molecule has 4 nitrogen and oxygen atoms in total. The molecule has 0 bridgehead atoms. The summed E-state index contributed by atoms with van der Waals surface area (Å²) in [5.41, 5.74) is 1.25. The van der Waals surface area contributed by atoms with Crippen LogP contribution in [-0.4, -0.2) is 11.1 Å². The fourth-order valence-corrected chi connectivity index (χ4v) is 1.87. The van der Waals surface area contributed by atoms with Gasteiger partial charge in [0.2, 0.25) is 0 Å². The van der Waals surface area contributed by atoms with E-state index in [1.807, 2.05) is 6.07 Å². The van der Waals surface area contributed by atoms with Gasteiger partial charge < -0.3 is 9.84 Å². The van der Waals surface area contributed by atoms with Gasteiger partial charge in [-0.25, -0.2) is 4.79 Å². The largest absolute Gasteiger partial charge is 0.489 e. The zero-order chi connectivity index (χ0) is 14.5. The van der Waals surface area contributed by atoms with Crippen molar-refractivity contribution in [2.24, 2.45) is 0 Å². The van der Waals surface area contributed by atoms with E-state index in [9.17, 15) is 4.79 Å². The van der Waals surface area contributed by atoms with Gasteiger partial charge in [0.15, 0.2) is 0 Å². The molecule has 0 aliphatic carbocycles.